The molecule has 0 spiro atoms. The summed E-state index contributed by atoms with van der Waals surface area (Å²) in [4.78, 5) is 10.9. The highest BCUT2D eigenvalue weighted by molar-refractivity contribution is 5.61. The summed E-state index contributed by atoms with van der Waals surface area (Å²) in [5.41, 5.74) is 0. The van der Waals surface area contributed by atoms with Crippen LogP contribution in [0.25, 0.3) is 0 Å². The number of rotatable bonds is 4. The zero-order chi connectivity index (χ0) is 11.0. The van der Waals surface area contributed by atoms with Crippen LogP contribution in [0.15, 0.2) is 24.7 Å². The summed E-state index contributed by atoms with van der Waals surface area (Å²) in [7, 11) is 0. The standard InChI is InChI=1S/C11H18O3/c1-9(2)5-7-13-11(12)14-8-6-10(3)4/h5-10H,1-4H3. The van der Waals surface area contributed by atoms with E-state index >= 15 is 0 Å². The molecule has 3 heteroatoms. The van der Waals surface area contributed by atoms with Gasteiger partial charge in [-0.2, -0.15) is 0 Å². The first-order chi connectivity index (χ1) is 6.52. The fourth-order valence-corrected chi connectivity index (χ4v) is 0.532. The monoisotopic (exact) mass is 198 g/mol. The van der Waals surface area contributed by atoms with Gasteiger partial charge in [0.1, 0.15) is 0 Å². The summed E-state index contributed by atoms with van der Waals surface area (Å²) in [6.45, 7) is 7.96. The van der Waals surface area contributed by atoms with Gasteiger partial charge in [-0.05, 0) is 24.0 Å². The fraction of sp³-hybridized carbons (Fsp3) is 0.545. The van der Waals surface area contributed by atoms with E-state index in [1.807, 2.05) is 27.7 Å². The summed E-state index contributed by atoms with van der Waals surface area (Å²) in [6, 6.07) is 0. The highest BCUT2D eigenvalue weighted by Crippen LogP contribution is 1.97. The summed E-state index contributed by atoms with van der Waals surface area (Å²) >= 11 is 0. The molecule has 14 heavy (non-hydrogen) atoms. The second-order valence-electron chi connectivity index (χ2n) is 3.63. The Kier molecular flexibility index (Phi) is 6.54. The van der Waals surface area contributed by atoms with Gasteiger partial charge in [0.15, 0.2) is 0 Å². The number of allylic oxidation sites excluding steroid dienone is 2. The van der Waals surface area contributed by atoms with Crippen molar-refractivity contribution in [2.24, 2.45) is 11.8 Å². The van der Waals surface area contributed by atoms with Crippen LogP contribution in [0.2, 0.25) is 0 Å². The maximum atomic E-state index is 10.9. The van der Waals surface area contributed by atoms with Gasteiger partial charge in [0.2, 0.25) is 0 Å². The quantitative estimate of drug-likeness (QED) is 0.512. The van der Waals surface area contributed by atoms with E-state index in [1.165, 1.54) is 12.5 Å². The number of ether oxygens (including phenoxy) is 2. The minimum Gasteiger partial charge on any atom is -0.403 e. The van der Waals surface area contributed by atoms with Crippen molar-refractivity contribution in [2.75, 3.05) is 0 Å². The maximum Gasteiger partial charge on any atom is 0.518 e. The van der Waals surface area contributed by atoms with Gasteiger partial charge in [-0.15, -0.1) is 0 Å². The zero-order valence-electron chi connectivity index (χ0n) is 9.19. The molecular weight excluding hydrogens is 180 g/mol. The van der Waals surface area contributed by atoms with Crippen molar-refractivity contribution in [3.63, 3.8) is 0 Å². The first-order valence-corrected chi connectivity index (χ1v) is 4.73. The van der Waals surface area contributed by atoms with E-state index in [9.17, 15) is 4.79 Å². The number of hydrogen-bond acceptors (Lipinski definition) is 3. The van der Waals surface area contributed by atoms with Gasteiger partial charge in [-0.1, -0.05) is 27.7 Å². The first kappa shape index (κ1) is 12.8. The Hall–Kier alpha value is -1.25. The van der Waals surface area contributed by atoms with E-state index in [-0.39, 0.29) is 0 Å². The highest BCUT2D eigenvalue weighted by Gasteiger charge is 1.97. The average molecular weight is 198 g/mol. The Balaban J connectivity index is 3.66. The molecule has 0 heterocycles. The lowest BCUT2D eigenvalue weighted by Crippen LogP contribution is -1.98. The first-order valence-electron chi connectivity index (χ1n) is 4.73. The number of carbonyl (C=O) groups excluding carboxylic acids is 1. The van der Waals surface area contributed by atoms with Crippen LogP contribution >= 0.6 is 0 Å². The van der Waals surface area contributed by atoms with E-state index in [0.29, 0.717) is 11.8 Å². The molecule has 0 bridgehead atoms. The predicted octanol–water partition coefficient (Wildman–Crippen LogP) is 3.48. The molecule has 0 unspecified atom stereocenters. The molecule has 0 saturated heterocycles. The normalized spacial score (nSPS) is 11.9. The third-order valence-electron chi connectivity index (χ3n) is 1.26. The summed E-state index contributed by atoms with van der Waals surface area (Å²) in [6.07, 6.45) is 5.52. The third-order valence-corrected chi connectivity index (χ3v) is 1.26. The van der Waals surface area contributed by atoms with Crippen molar-refractivity contribution in [1.29, 1.82) is 0 Å². The van der Waals surface area contributed by atoms with Crippen molar-refractivity contribution in [3.8, 4) is 0 Å². The molecule has 0 aromatic rings. The topological polar surface area (TPSA) is 35.5 Å². The molecule has 0 fully saturated rings. The molecule has 3 nitrogen and oxygen atoms in total. The second-order valence-corrected chi connectivity index (χ2v) is 3.63. The molecule has 0 rings (SSSR count). The molecule has 0 saturated carbocycles. The largest absolute Gasteiger partial charge is 0.518 e. The summed E-state index contributed by atoms with van der Waals surface area (Å²) in [5, 5.41) is 0. The van der Waals surface area contributed by atoms with Gasteiger partial charge in [0, 0.05) is 0 Å². The molecule has 0 aromatic carbocycles. The van der Waals surface area contributed by atoms with Gasteiger partial charge in [-0.3, -0.25) is 0 Å². The minimum atomic E-state index is -0.709. The lowest BCUT2D eigenvalue weighted by atomic mass is 10.2. The van der Waals surface area contributed by atoms with Crippen molar-refractivity contribution < 1.29 is 14.3 Å². The van der Waals surface area contributed by atoms with Crippen molar-refractivity contribution in [2.45, 2.75) is 27.7 Å². The van der Waals surface area contributed by atoms with Crippen LogP contribution in [0, 0.1) is 11.8 Å². The van der Waals surface area contributed by atoms with Crippen LogP contribution in [0.4, 0.5) is 4.79 Å². The van der Waals surface area contributed by atoms with Gasteiger partial charge in [0.25, 0.3) is 0 Å². The molecule has 0 radical (unpaired) electrons. The summed E-state index contributed by atoms with van der Waals surface area (Å²) in [5.74, 6) is 0.711. The van der Waals surface area contributed by atoms with Crippen LogP contribution < -0.4 is 0 Å². The van der Waals surface area contributed by atoms with Crippen LogP contribution in [-0.2, 0) is 9.47 Å². The van der Waals surface area contributed by atoms with Crippen molar-refractivity contribution in [1.82, 2.24) is 0 Å². The molecule has 0 amide bonds. The molecule has 0 N–H and O–H groups in total. The van der Waals surface area contributed by atoms with E-state index in [0.717, 1.165) is 0 Å². The Morgan fingerprint density at radius 1 is 0.929 bits per heavy atom. The van der Waals surface area contributed by atoms with E-state index in [2.05, 4.69) is 9.47 Å². The zero-order valence-corrected chi connectivity index (χ0v) is 9.19. The van der Waals surface area contributed by atoms with E-state index in [4.69, 9.17) is 0 Å². The van der Waals surface area contributed by atoms with Crippen molar-refractivity contribution >= 4 is 6.16 Å². The average Bonchev–Trinajstić information content (AvgIpc) is 2.02. The van der Waals surface area contributed by atoms with Crippen molar-refractivity contribution in [3.05, 3.63) is 24.7 Å². The Morgan fingerprint density at radius 2 is 1.29 bits per heavy atom. The lowest BCUT2D eigenvalue weighted by Gasteiger charge is -1.98. The number of carbonyl (C=O) groups is 1. The van der Waals surface area contributed by atoms with Gasteiger partial charge in [-0.25, -0.2) is 4.79 Å². The van der Waals surface area contributed by atoms with Crippen LogP contribution in [0.1, 0.15) is 27.7 Å². The third kappa shape index (κ3) is 8.84. The van der Waals surface area contributed by atoms with Crippen LogP contribution in [-0.4, -0.2) is 6.16 Å². The Labute approximate surface area is 85.4 Å². The Morgan fingerprint density at radius 3 is 1.57 bits per heavy atom. The molecule has 80 valence electrons. The van der Waals surface area contributed by atoms with E-state index in [1.54, 1.807) is 12.2 Å². The lowest BCUT2D eigenvalue weighted by molar-refractivity contribution is 0.119. The van der Waals surface area contributed by atoms with Crippen LogP contribution in [0.5, 0.6) is 0 Å². The van der Waals surface area contributed by atoms with Gasteiger partial charge < -0.3 is 9.47 Å². The molecule has 0 aromatic heterocycles. The van der Waals surface area contributed by atoms with Gasteiger partial charge >= 0.3 is 6.16 Å². The SMILES string of the molecule is CC(C)C=COC(=O)OC=CC(C)C. The number of hydrogen-bond donors (Lipinski definition) is 0. The smallest absolute Gasteiger partial charge is 0.403 e. The fourth-order valence-electron chi connectivity index (χ4n) is 0.532. The molecule has 0 aliphatic rings. The highest BCUT2D eigenvalue weighted by atomic mass is 16.7. The summed E-state index contributed by atoms with van der Waals surface area (Å²) < 4.78 is 9.28. The second kappa shape index (κ2) is 7.18. The molecular formula is C11H18O3. The molecule has 0 aliphatic heterocycles. The van der Waals surface area contributed by atoms with E-state index < -0.39 is 6.16 Å². The Bertz CT molecular complexity index is 193. The van der Waals surface area contributed by atoms with Gasteiger partial charge in [0.05, 0.1) is 12.5 Å². The van der Waals surface area contributed by atoms with Crippen LogP contribution in [0.3, 0.4) is 0 Å². The maximum absolute atomic E-state index is 10.9. The predicted molar refractivity (Wildman–Crippen MR) is 55.5 cm³/mol. The minimum absolute atomic E-state index is 0.356. The molecule has 0 atom stereocenters. The molecule has 0 aliphatic carbocycles.